The second-order valence-corrected chi connectivity index (χ2v) is 5.61. The first-order chi connectivity index (χ1) is 10.2. The Bertz CT molecular complexity index is 597. The number of aromatic nitrogens is 3. The lowest BCUT2D eigenvalue weighted by molar-refractivity contribution is 0.245. The average Bonchev–Trinajstić information content (AvgIpc) is 2.89. The largest absolute Gasteiger partial charge is 0.361 e. The lowest BCUT2D eigenvalue weighted by Crippen LogP contribution is -2.41. The Kier molecular flexibility index (Phi) is 4.15. The summed E-state index contributed by atoms with van der Waals surface area (Å²) < 4.78 is 5.23. The van der Waals surface area contributed by atoms with Crippen molar-refractivity contribution in [3.8, 4) is 0 Å². The third-order valence-corrected chi connectivity index (χ3v) is 3.72. The van der Waals surface area contributed by atoms with Crippen LogP contribution in [-0.2, 0) is 13.0 Å². The fourth-order valence-corrected chi connectivity index (χ4v) is 2.74. The number of hydrogen-bond donors (Lipinski definition) is 0. The van der Waals surface area contributed by atoms with Crippen LogP contribution >= 0.6 is 0 Å². The number of hydrogen-bond acceptors (Lipinski definition) is 6. The minimum absolute atomic E-state index is 0.884. The molecule has 0 saturated carbocycles. The molecule has 0 unspecified atom stereocenters. The van der Waals surface area contributed by atoms with Gasteiger partial charge in [-0.15, -0.1) is 0 Å². The van der Waals surface area contributed by atoms with E-state index in [1.54, 1.807) is 12.4 Å². The lowest BCUT2D eigenvalue weighted by atomic mass is 10.2. The van der Waals surface area contributed by atoms with E-state index in [1.165, 1.54) is 0 Å². The molecule has 112 valence electrons. The SMILES string of the molecule is Cc1cc(CCCCN2Cc3nccnc3N(C)C2)on1. The lowest BCUT2D eigenvalue weighted by Gasteiger charge is -2.34. The van der Waals surface area contributed by atoms with E-state index in [4.69, 9.17) is 4.52 Å². The maximum Gasteiger partial charge on any atom is 0.152 e. The maximum absolute atomic E-state index is 5.23. The van der Waals surface area contributed by atoms with Gasteiger partial charge in [0.1, 0.15) is 5.76 Å². The van der Waals surface area contributed by atoms with Crippen molar-refractivity contribution in [2.75, 3.05) is 25.2 Å². The van der Waals surface area contributed by atoms with Crippen molar-refractivity contribution in [3.63, 3.8) is 0 Å². The fraction of sp³-hybridized carbons (Fsp3) is 0.533. The predicted molar refractivity (Wildman–Crippen MR) is 79.9 cm³/mol. The fourth-order valence-electron chi connectivity index (χ4n) is 2.74. The first kappa shape index (κ1) is 14.0. The zero-order chi connectivity index (χ0) is 14.7. The van der Waals surface area contributed by atoms with E-state index in [0.717, 1.165) is 62.0 Å². The van der Waals surface area contributed by atoms with Crippen LogP contribution in [0.25, 0.3) is 0 Å². The molecule has 0 fully saturated rings. The van der Waals surface area contributed by atoms with Crippen molar-refractivity contribution < 1.29 is 4.52 Å². The number of aryl methyl sites for hydroxylation is 2. The summed E-state index contributed by atoms with van der Waals surface area (Å²) in [5.74, 6) is 1.99. The van der Waals surface area contributed by atoms with E-state index >= 15 is 0 Å². The Balaban J connectivity index is 1.46. The van der Waals surface area contributed by atoms with Gasteiger partial charge in [0.25, 0.3) is 0 Å². The first-order valence-electron chi connectivity index (χ1n) is 7.38. The molecular weight excluding hydrogens is 266 g/mol. The highest BCUT2D eigenvalue weighted by Crippen LogP contribution is 2.21. The van der Waals surface area contributed by atoms with E-state index in [-0.39, 0.29) is 0 Å². The van der Waals surface area contributed by atoms with Crippen LogP contribution in [0.15, 0.2) is 23.0 Å². The number of unbranched alkanes of at least 4 members (excludes halogenated alkanes) is 1. The molecule has 6 heteroatoms. The van der Waals surface area contributed by atoms with E-state index in [0.29, 0.717) is 0 Å². The minimum atomic E-state index is 0.884. The standard InChI is InChI=1S/C15H21N5O/c1-12-9-13(21-18-12)5-3-4-8-20-10-14-15(19(2)11-20)17-7-6-16-14/h6-7,9H,3-5,8,10-11H2,1-2H3. The van der Waals surface area contributed by atoms with Crippen molar-refractivity contribution >= 4 is 5.82 Å². The van der Waals surface area contributed by atoms with Gasteiger partial charge in [-0.3, -0.25) is 9.88 Å². The Hall–Kier alpha value is -1.95. The number of fused-ring (bicyclic) bond motifs is 1. The number of rotatable bonds is 5. The van der Waals surface area contributed by atoms with Crippen molar-refractivity contribution in [2.24, 2.45) is 0 Å². The molecule has 0 spiro atoms. The molecular formula is C15H21N5O. The molecule has 1 aliphatic rings. The molecule has 0 N–H and O–H groups in total. The molecule has 2 aromatic heterocycles. The normalized spacial score (nSPS) is 15.2. The van der Waals surface area contributed by atoms with Gasteiger partial charge in [-0.2, -0.15) is 0 Å². The molecule has 3 rings (SSSR count). The van der Waals surface area contributed by atoms with Crippen molar-refractivity contribution in [3.05, 3.63) is 35.6 Å². The highest BCUT2D eigenvalue weighted by atomic mass is 16.5. The molecule has 21 heavy (non-hydrogen) atoms. The van der Waals surface area contributed by atoms with Crippen LogP contribution in [0.3, 0.4) is 0 Å². The third kappa shape index (κ3) is 3.39. The van der Waals surface area contributed by atoms with Gasteiger partial charge in [-0.05, 0) is 19.8 Å². The number of nitrogens with zero attached hydrogens (tertiary/aromatic N) is 5. The van der Waals surface area contributed by atoms with Gasteiger partial charge in [-0.1, -0.05) is 5.16 Å². The summed E-state index contributed by atoms with van der Waals surface area (Å²) in [7, 11) is 2.07. The predicted octanol–water partition coefficient (Wildman–Crippen LogP) is 2.01. The summed E-state index contributed by atoms with van der Waals surface area (Å²) in [5.41, 5.74) is 2.02. The molecule has 1 aliphatic heterocycles. The summed E-state index contributed by atoms with van der Waals surface area (Å²) in [6, 6.07) is 2.01. The van der Waals surface area contributed by atoms with Gasteiger partial charge in [0.05, 0.1) is 18.1 Å². The molecule has 6 nitrogen and oxygen atoms in total. The molecule has 0 aliphatic carbocycles. The quantitative estimate of drug-likeness (QED) is 0.784. The Morgan fingerprint density at radius 2 is 2.10 bits per heavy atom. The van der Waals surface area contributed by atoms with Gasteiger partial charge >= 0.3 is 0 Å². The second-order valence-electron chi connectivity index (χ2n) is 5.61. The highest BCUT2D eigenvalue weighted by molar-refractivity contribution is 5.43. The second kappa shape index (κ2) is 6.22. The van der Waals surface area contributed by atoms with Crippen molar-refractivity contribution in [1.29, 1.82) is 0 Å². The molecule has 0 amide bonds. The molecule has 3 heterocycles. The summed E-state index contributed by atoms with van der Waals surface area (Å²) in [4.78, 5) is 13.4. The summed E-state index contributed by atoms with van der Waals surface area (Å²) >= 11 is 0. The van der Waals surface area contributed by atoms with Crippen molar-refractivity contribution in [1.82, 2.24) is 20.0 Å². The Morgan fingerprint density at radius 3 is 2.90 bits per heavy atom. The van der Waals surface area contributed by atoms with Gasteiger partial charge in [-0.25, -0.2) is 4.98 Å². The third-order valence-electron chi connectivity index (χ3n) is 3.72. The molecule has 0 saturated heterocycles. The maximum atomic E-state index is 5.23. The number of anilines is 1. The molecule has 0 radical (unpaired) electrons. The van der Waals surface area contributed by atoms with Crippen LogP contribution < -0.4 is 4.90 Å². The molecule has 0 bridgehead atoms. The zero-order valence-corrected chi connectivity index (χ0v) is 12.6. The van der Waals surface area contributed by atoms with Gasteiger partial charge in [0, 0.05) is 45.0 Å². The topological polar surface area (TPSA) is 58.3 Å². The highest BCUT2D eigenvalue weighted by Gasteiger charge is 2.21. The minimum Gasteiger partial charge on any atom is -0.361 e. The van der Waals surface area contributed by atoms with Gasteiger partial charge in [0.2, 0.25) is 0 Å². The van der Waals surface area contributed by atoms with Crippen LogP contribution in [0, 0.1) is 6.92 Å². The summed E-state index contributed by atoms with van der Waals surface area (Å²) in [6.45, 7) is 4.81. The first-order valence-corrected chi connectivity index (χ1v) is 7.38. The van der Waals surface area contributed by atoms with Gasteiger partial charge in [0.15, 0.2) is 5.82 Å². The van der Waals surface area contributed by atoms with Crippen LogP contribution in [0.2, 0.25) is 0 Å². The Morgan fingerprint density at radius 1 is 1.24 bits per heavy atom. The average molecular weight is 287 g/mol. The van der Waals surface area contributed by atoms with Crippen LogP contribution in [0.5, 0.6) is 0 Å². The summed E-state index contributed by atoms with van der Waals surface area (Å²) in [6.07, 6.45) is 6.74. The molecule has 0 atom stereocenters. The van der Waals surface area contributed by atoms with E-state index < -0.39 is 0 Å². The smallest absolute Gasteiger partial charge is 0.152 e. The monoisotopic (exact) mass is 287 g/mol. The zero-order valence-electron chi connectivity index (χ0n) is 12.6. The van der Waals surface area contributed by atoms with E-state index in [2.05, 4.69) is 32.0 Å². The Labute approximate surface area is 124 Å². The van der Waals surface area contributed by atoms with Crippen LogP contribution in [-0.4, -0.2) is 40.3 Å². The molecule has 2 aromatic rings. The molecule has 0 aromatic carbocycles. The van der Waals surface area contributed by atoms with Gasteiger partial charge < -0.3 is 9.42 Å². The van der Waals surface area contributed by atoms with Crippen LogP contribution in [0.4, 0.5) is 5.82 Å². The van der Waals surface area contributed by atoms with E-state index in [1.807, 2.05) is 13.0 Å². The van der Waals surface area contributed by atoms with Crippen LogP contribution in [0.1, 0.15) is 30.0 Å². The summed E-state index contributed by atoms with van der Waals surface area (Å²) in [5, 5.41) is 3.91. The van der Waals surface area contributed by atoms with E-state index in [9.17, 15) is 0 Å². The van der Waals surface area contributed by atoms with Crippen molar-refractivity contribution in [2.45, 2.75) is 32.7 Å².